The molecule has 11 nitrogen and oxygen atoms in total. The van der Waals surface area contributed by atoms with Crippen molar-refractivity contribution in [3.05, 3.63) is 42.1 Å². The van der Waals surface area contributed by atoms with Crippen LogP contribution in [0.2, 0.25) is 0 Å². The molecule has 188 valence electrons. The smallest absolute Gasteiger partial charge is 0.479 e. The molecule has 1 saturated heterocycles. The Morgan fingerprint density at radius 3 is 2.47 bits per heavy atom. The Labute approximate surface area is 208 Å². The molecule has 0 bridgehead atoms. The molecule has 11 heteroatoms. The largest absolute Gasteiger partial charge is 0.513 e. The molecule has 4 aromatic rings. The van der Waals surface area contributed by atoms with Gasteiger partial charge in [0.05, 0.1) is 29.1 Å². The van der Waals surface area contributed by atoms with Gasteiger partial charge < -0.3 is 24.4 Å². The molecule has 1 fully saturated rings. The number of carbonyl (C=O) groups is 1. The van der Waals surface area contributed by atoms with Crippen LogP contribution in [0.3, 0.4) is 0 Å². The molecule has 0 aliphatic carbocycles. The number of carbonyl (C=O) groups excluding carboxylic acids is 1. The third kappa shape index (κ3) is 4.44. The van der Waals surface area contributed by atoms with Crippen LogP contribution in [0.15, 0.2) is 36.4 Å². The van der Waals surface area contributed by atoms with E-state index in [0.717, 1.165) is 42.9 Å². The quantitative estimate of drug-likeness (QED) is 0.309. The predicted octanol–water partition coefficient (Wildman–Crippen LogP) is 3.37. The number of rotatable bonds is 6. The summed E-state index contributed by atoms with van der Waals surface area (Å²) < 4.78 is 12.0. The number of likely N-dealkylation sites (N-methyl/N-ethyl adjacent to an activating group) is 1. The Bertz CT molecular complexity index is 1370. The summed E-state index contributed by atoms with van der Waals surface area (Å²) in [6, 6.07) is 11.1. The number of anilines is 1. The van der Waals surface area contributed by atoms with Gasteiger partial charge in [-0.2, -0.15) is 5.10 Å². The Kier molecular flexibility index (Phi) is 6.47. The number of fused-ring (bicyclic) bond motifs is 1. The van der Waals surface area contributed by atoms with E-state index in [1.165, 1.54) is 4.57 Å². The van der Waals surface area contributed by atoms with Crippen LogP contribution in [0.5, 0.6) is 11.8 Å². The molecule has 1 aliphatic rings. The summed E-state index contributed by atoms with van der Waals surface area (Å²) in [7, 11) is 2.13. The molecule has 0 saturated carbocycles. The highest BCUT2D eigenvalue weighted by molar-refractivity contribution is 5.90. The van der Waals surface area contributed by atoms with Crippen molar-refractivity contribution in [2.75, 3.05) is 44.7 Å². The minimum atomic E-state index is -0.833. The van der Waals surface area contributed by atoms with Gasteiger partial charge in [-0.05, 0) is 50.7 Å². The fraction of sp³-hybridized carbons (Fsp3) is 0.360. The zero-order valence-electron chi connectivity index (χ0n) is 20.6. The fourth-order valence-electron chi connectivity index (χ4n) is 4.43. The van der Waals surface area contributed by atoms with Crippen molar-refractivity contribution in [2.24, 2.45) is 0 Å². The number of hydrogen-bond donors (Lipinski definition) is 2. The summed E-state index contributed by atoms with van der Waals surface area (Å²) in [5.74, 6) is 0.541. The van der Waals surface area contributed by atoms with Gasteiger partial charge in [0.25, 0.3) is 0 Å². The number of ether oxygens (including phenoxy) is 2. The van der Waals surface area contributed by atoms with Crippen molar-refractivity contribution in [1.82, 2.24) is 29.9 Å². The first-order valence-electron chi connectivity index (χ1n) is 12.0. The second-order valence-electron chi connectivity index (χ2n) is 8.67. The normalized spacial score (nSPS) is 14.4. The molecule has 2 aromatic carbocycles. The predicted molar refractivity (Wildman–Crippen MR) is 135 cm³/mol. The van der Waals surface area contributed by atoms with E-state index in [0.29, 0.717) is 29.0 Å². The average molecular weight is 492 g/mol. The summed E-state index contributed by atoms with van der Waals surface area (Å²) in [4.78, 5) is 16.8. The number of aryl methyl sites for hydroxylation is 1. The lowest BCUT2D eigenvalue weighted by Crippen LogP contribution is -2.44. The standard InChI is InChI=1S/C25H29N7O4/c1-4-20-18-14-19(22(15-21(18)27-26-20)36-25(34)35-5-2)23-28-29-24(33)32(23)17-8-6-16(7-9-17)31-12-10-30(3)11-13-31/h6-9,14-15H,4-5,10-13H2,1-3H3,(H,26,27)(H,29,33). The lowest BCUT2D eigenvalue weighted by atomic mass is 10.1. The number of nitrogens with zero attached hydrogens (tertiary/aromatic N) is 6. The first-order valence-corrected chi connectivity index (χ1v) is 12.0. The van der Waals surface area contributed by atoms with Gasteiger partial charge in [0.1, 0.15) is 5.75 Å². The monoisotopic (exact) mass is 491 g/mol. The lowest BCUT2D eigenvalue weighted by Gasteiger charge is -2.34. The van der Waals surface area contributed by atoms with Crippen LogP contribution in [0.1, 0.15) is 19.5 Å². The third-order valence-electron chi connectivity index (χ3n) is 6.40. The average Bonchev–Trinajstić information content (AvgIpc) is 3.46. The maximum absolute atomic E-state index is 12.2. The topological polar surface area (TPSA) is 122 Å². The summed E-state index contributed by atoms with van der Waals surface area (Å²) in [6.07, 6.45) is -0.122. The maximum atomic E-state index is 12.2. The van der Waals surface area contributed by atoms with Gasteiger partial charge in [-0.25, -0.2) is 9.36 Å². The van der Waals surface area contributed by atoms with Crippen LogP contribution in [0.4, 0.5) is 10.5 Å². The molecule has 2 N–H and O–H groups in total. The van der Waals surface area contributed by atoms with Crippen LogP contribution in [-0.2, 0) is 11.2 Å². The van der Waals surface area contributed by atoms with Crippen molar-refractivity contribution in [2.45, 2.75) is 20.3 Å². The molecule has 36 heavy (non-hydrogen) atoms. The third-order valence-corrected chi connectivity index (χ3v) is 6.40. The highest BCUT2D eigenvalue weighted by atomic mass is 16.7. The van der Waals surface area contributed by atoms with E-state index in [1.54, 1.807) is 13.0 Å². The highest BCUT2D eigenvalue weighted by Crippen LogP contribution is 2.37. The zero-order valence-corrected chi connectivity index (χ0v) is 20.6. The molecule has 1 aliphatic heterocycles. The van der Waals surface area contributed by atoms with E-state index >= 15 is 0 Å². The van der Waals surface area contributed by atoms with Gasteiger partial charge in [0, 0.05) is 43.3 Å². The van der Waals surface area contributed by atoms with Crippen LogP contribution >= 0.6 is 0 Å². The number of nitrogens with one attached hydrogen (secondary N) is 1. The summed E-state index contributed by atoms with van der Waals surface area (Å²) in [5, 5.41) is 27.0. The van der Waals surface area contributed by atoms with Crippen molar-refractivity contribution in [1.29, 1.82) is 0 Å². The molecule has 0 amide bonds. The number of aromatic hydroxyl groups is 1. The zero-order chi connectivity index (χ0) is 25.2. The van der Waals surface area contributed by atoms with Crippen molar-refractivity contribution in [3.63, 3.8) is 0 Å². The van der Waals surface area contributed by atoms with Crippen molar-refractivity contribution in [3.8, 4) is 28.8 Å². The molecule has 0 unspecified atom stereocenters. The summed E-state index contributed by atoms with van der Waals surface area (Å²) >= 11 is 0. The Morgan fingerprint density at radius 2 is 1.78 bits per heavy atom. The number of hydrogen-bond acceptors (Lipinski definition) is 9. The molecule has 2 aromatic heterocycles. The summed E-state index contributed by atoms with van der Waals surface area (Å²) in [5.41, 5.74) is 3.83. The second kappa shape index (κ2) is 9.86. The number of H-pyrrole nitrogens is 1. The SMILES string of the molecule is CCOC(=O)Oc1cc2[nH]nc(CC)c2cc1-c1nnc(O)n1-c1ccc(N2CCN(C)CC2)cc1. The molecular formula is C25H29N7O4. The Morgan fingerprint density at radius 1 is 1.06 bits per heavy atom. The van der Waals surface area contributed by atoms with Gasteiger partial charge >= 0.3 is 12.2 Å². The molecular weight excluding hydrogens is 462 g/mol. The van der Waals surface area contributed by atoms with Crippen LogP contribution in [-0.4, -0.2) is 81.0 Å². The molecule has 0 radical (unpaired) electrons. The first kappa shape index (κ1) is 23.6. The van der Waals surface area contributed by atoms with Gasteiger partial charge in [-0.3, -0.25) is 5.10 Å². The van der Waals surface area contributed by atoms with E-state index in [1.807, 2.05) is 37.3 Å². The first-order chi connectivity index (χ1) is 17.5. The number of aromatic amines is 1. The molecule has 5 rings (SSSR count). The lowest BCUT2D eigenvalue weighted by molar-refractivity contribution is 0.104. The van der Waals surface area contributed by atoms with E-state index < -0.39 is 6.16 Å². The van der Waals surface area contributed by atoms with Gasteiger partial charge in [-0.1, -0.05) is 12.0 Å². The Hall–Kier alpha value is -4.12. The number of aromatic nitrogens is 5. The highest BCUT2D eigenvalue weighted by Gasteiger charge is 2.23. The van der Waals surface area contributed by atoms with E-state index in [-0.39, 0.29) is 18.4 Å². The van der Waals surface area contributed by atoms with Crippen molar-refractivity contribution >= 4 is 22.7 Å². The fourth-order valence-corrected chi connectivity index (χ4v) is 4.43. The minimum absolute atomic E-state index is 0.178. The maximum Gasteiger partial charge on any atom is 0.513 e. The van der Waals surface area contributed by atoms with Gasteiger partial charge in [0.2, 0.25) is 0 Å². The van der Waals surface area contributed by atoms with E-state index in [9.17, 15) is 9.90 Å². The van der Waals surface area contributed by atoms with E-state index in [2.05, 4.69) is 37.2 Å². The second-order valence-corrected chi connectivity index (χ2v) is 8.67. The van der Waals surface area contributed by atoms with Crippen molar-refractivity contribution < 1.29 is 19.4 Å². The van der Waals surface area contributed by atoms with Crippen LogP contribution in [0, 0.1) is 0 Å². The summed E-state index contributed by atoms with van der Waals surface area (Å²) in [6.45, 7) is 7.82. The van der Waals surface area contributed by atoms with Gasteiger partial charge in [0.15, 0.2) is 5.82 Å². The van der Waals surface area contributed by atoms with Crippen LogP contribution < -0.4 is 9.64 Å². The molecule has 0 atom stereocenters. The van der Waals surface area contributed by atoms with Crippen LogP contribution in [0.25, 0.3) is 28.0 Å². The Balaban J connectivity index is 1.56. The molecule has 3 heterocycles. The minimum Gasteiger partial charge on any atom is -0.479 e. The van der Waals surface area contributed by atoms with E-state index in [4.69, 9.17) is 9.47 Å². The number of piperazine rings is 1. The molecule has 0 spiro atoms. The van der Waals surface area contributed by atoms with Gasteiger partial charge in [-0.15, -0.1) is 5.10 Å². The number of benzene rings is 2.